The van der Waals surface area contributed by atoms with Crippen LogP contribution in [0.1, 0.15) is 20.3 Å². The third-order valence-corrected chi connectivity index (χ3v) is 5.09. The lowest BCUT2D eigenvalue weighted by atomic mass is 10.1. The van der Waals surface area contributed by atoms with Gasteiger partial charge in [-0.2, -0.15) is 0 Å². The lowest BCUT2D eigenvalue weighted by Gasteiger charge is -2.30. The molecule has 118 valence electrons. The van der Waals surface area contributed by atoms with E-state index in [0.29, 0.717) is 5.69 Å². The Hall–Kier alpha value is -1.86. The summed E-state index contributed by atoms with van der Waals surface area (Å²) < 4.78 is -0.862. The van der Waals surface area contributed by atoms with E-state index in [9.17, 15) is 14.4 Å². The summed E-state index contributed by atoms with van der Waals surface area (Å²) in [4.78, 5) is 36.8. The Kier molecular flexibility index (Phi) is 4.58. The van der Waals surface area contributed by atoms with Gasteiger partial charge in [-0.25, -0.2) is 4.90 Å². The molecular weight excluding hydrogens is 304 g/mol. The number of imide groups is 1. The average molecular weight is 322 g/mol. The fourth-order valence-corrected chi connectivity index (χ4v) is 3.69. The quantitative estimate of drug-likeness (QED) is 0.791. The van der Waals surface area contributed by atoms with Crippen LogP contribution in [0, 0.1) is 0 Å². The highest BCUT2D eigenvalue weighted by molar-refractivity contribution is 8.02. The fraction of sp³-hybridized carbons (Fsp3) is 0.400. The standard InChI is InChI=1S/C15H18N2O4S/c1-15(2,12(16)14(20)21)22-10-8-11(18)17(13(10)19)9-6-4-3-5-7-9/h3-7,10,12H,8,16H2,1-2H3,(H,20,21). The number of anilines is 1. The van der Waals surface area contributed by atoms with Gasteiger partial charge in [-0.1, -0.05) is 18.2 Å². The molecule has 1 saturated heterocycles. The molecule has 2 unspecified atom stereocenters. The van der Waals surface area contributed by atoms with Gasteiger partial charge in [0.2, 0.25) is 11.8 Å². The summed E-state index contributed by atoms with van der Waals surface area (Å²) in [5.41, 5.74) is 6.20. The van der Waals surface area contributed by atoms with Crippen LogP contribution in [-0.2, 0) is 14.4 Å². The van der Waals surface area contributed by atoms with E-state index in [-0.39, 0.29) is 18.2 Å². The second kappa shape index (κ2) is 6.10. The van der Waals surface area contributed by atoms with Crippen LogP contribution in [0.2, 0.25) is 0 Å². The molecule has 1 aliphatic rings. The lowest BCUT2D eigenvalue weighted by Crippen LogP contribution is -2.48. The molecule has 1 aromatic rings. The fourth-order valence-electron chi connectivity index (χ4n) is 2.28. The smallest absolute Gasteiger partial charge is 0.321 e. The van der Waals surface area contributed by atoms with Crippen LogP contribution in [0.3, 0.4) is 0 Å². The summed E-state index contributed by atoms with van der Waals surface area (Å²) in [5.74, 6) is -1.74. The van der Waals surface area contributed by atoms with E-state index in [4.69, 9.17) is 10.8 Å². The number of hydrogen-bond donors (Lipinski definition) is 2. The van der Waals surface area contributed by atoms with Gasteiger partial charge in [-0.3, -0.25) is 14.4 Å². The SMILES string of the molecule is CC(C)(SC1CC(=O)N(c2ccccc2)C1=O)C(N)C(=O)O. The first-order valence-corrected chi connectivity index (χ1v) is 7.70. The van der Waals surface area contributed by atoms with Crippen LogP contribution in [0.4, 0.5) is 5.69 Å². The zero-order chi connectivity index (χ0) is 16.5. The molecule has 3 N–H and O–H groups in total. The molecule has 1 fully saturated rings. The van der Waals surface area contributed by atoms with Crippen molar-refractivity contribution in [2.75, 3.05) is 4.90 Å². The molecule has 1 aromatic carbocycles. The van der Waals surface area contributed by atoms with Gasteiger partial charge in [0.05, 0.1) is 10.9 Å². The minimum absolute atomic E-state index is 0.0498. The molecule has 2 rings (SSSR count). The van der Waals surface area contributed by atoms with Crippen LogP contribution in [0.5, 0.6) is 0 Å². The predicted octanol–water partition coefficient (Wildman–Crippen LogP) is 1.24. The Balaban J connectivity index is 2.17. The molecular formula is C15H18N2O4S. The number of carbonyl (C=O) groups is 3. The molecule has 0 aliphatic carbocycles. The first-order valence-electron chi connectivity index (χ1n) is 6.82. The molecule has 22 heavy (non-hydrogen) atoms. The number of carboxylic acids is 1. The Morgan fingerprint density at radius 1 is 1.36 bits per heavy atom. The summed E-state index contributed by atoms with van der Waals surface area (Å²) in [6, 6.07) is 7.57. The predicted molar refractivity (Wildman–Crippen MR) is 84.6 cm³/mol. The van der Waals surface area contributed by atoms with Gasteiger partial charge in [0, 0.05) is 11.2 Å². The maximum atomic E-state index is 12.5. The van der Waals surface area contributed by atoms with Crippen molar-refractivity contribution in [3.63, 3.8) is 0 Å². The van der Waals surface area contributed by atoms with Crippen LogP contribution in [0.25, 0.3) is 0 Å². The van der Waals surface area contributed by atoms with Crippen LogP contribution in [-0.4, -0.2) is 38.9 Å². The number of rotatable bonds is 5. The lowest BCUT2D eigenvalue weighted by molar-refractivity contribution is -0.139. The molecule has 1 aliphatic heterocycles. The molecule has 0 saturated carbocycles. The number of nitrogens with zero attached hydrogens (tertiary/aromatic N) is 1. The van der Waals surface area contributed by atoms with Gasteiger partial charge in [-0.15, -0.1) is 11.8 Å². The monoisotopic (exact) mass is 322 g/mol. The number of thioether (sulfide) groups is 1. The number of carbonyl (C=O) groups excluding carboxylic acids is 2. The van der Waals surface area contributed by atoms with Gasteiger partial charge >= 0.3 is 5.97 Å². The highest BCUT2D eigenvalue weighted by atomic mass is 32.2. The molecule has 2 amide bonds. The summed E-state index contributed by atoms with van der Waals surface area (Å²) in [5, 5.41) is 8.42. The van der Waals surface area contributed by atoms with Crippen molar-refractivity contribution in [2.24, 2.45) is 5.73 Å². The van der Waals surface area contributed by atoms with E-state index < -0.39 is 22.0 Å². The van der Waals surface area contributed by atoms with E-state index in [0.717, 1.165) is 16.7 Å². The minimum atomic E-state index is -1.13. The van der Waals surface area contributed by atoms with Crippen LogP contribution >= 0.6 is 11.8 Å². The van der Waals surface area contributed by atoms with Crippen molar-refractivity contribution in [1.29, 1.82) is 0 Å². The number of carboxylic acid groups (broad SMARTS) is 1. The second-order valence-corrected chi connectivity index (χ2v) is 7.49. The summed E-state index contributed by atoms with van der Waals surface area (Å²) >= 11 is 1.14. The Labute approximate surface area is 132 Å². The number of para-hydroxylation sites is 1. The van der Waals surface area contributed by atoms with Crippen molar-refractivity contribution >= 4 is 35.2 Å². The third-order valence-electron chi connectivity index (χ3n) is 3.58. The number of amides is 2. The molecule has 0 aromatic heterocycles. The van der Waals surface area contributed by atoms with E-state index in [1.807, 2.05) is 0 Å². The first-order chi connectivity index (χ1) is 10.2. The molecule has 0 radical (unpaired) electrons. The highest BCUT2D eigenvalue weighted by Gasteiger charge is 2.45. The molecule has 7 heteroatoms. The summed E-state index contributed by atoms with van der Waals surface area (Å²) in [6.07, 6.45) is 0.0498. The topological polar surface area (TPSA) is 101 Å². The number of hydrogen-bond acceptors (Lipinski definition) is 5. The van der Waals surface area contributed by atoms with Gasteiger partial charge in [0.15, 0.2) is 0 Å². The molecule has 6 nitrogen and oxygen atoms in total. The maximum Gasteiger partial charge on any atom is 0.321 e. The number of nitrogens with two attached hydrogens (primary N) is 1. The molecule has 0 spiro atoms. The van der Waals surface area contributed by atoms with Crippen molar-refractivity contribution in [3.05, 3.63) is 30.3 Å². The number of benzene rings is 1. The summed E-state index contributed by atoms with van der Waals surface area (Å²) in [7, 11) is 0. The van der Waals surface area contributed by atoms with Crippen LogP contribution in [0.15, 0.2) is 30.3 Å². The second-order valence-electron chi connectivity index (χ2n) is 5.63. The van der Waals surface area contributed by atoms with Crippen molar-refractivity contribution < 1.29 is 19.5 Å². The molecule has 2 atom stereocenters. The van der Waals surface area contributed by atoms with Crippen molar-refractivity contribution in [2.45, 2.75) is 36.3 Å². The highest BCUT2D eigenvalue weighted by Crippen LogP contribution is 2.38. The Bertz CT molecular complexity index is 603. The van der Waals surface area contributed by atoms with Gasteiger partial charge in [0.1, 0.15) is 6.04 Å². The van der Waals surface area contributed by atoms with Crippen molar-refractivity contribution in [1.82, 2.24) is 0 Å². The maximum absolute atomic E-state index is 12.5. The minimum Gasteiger partial charge on any atom is -0.480 e. The first kappa shape index (κ1) is 16.5. The van der Waals surface area contributed by atoms with Crippen molar-refractivity contribution in [3.8, 4) is 0 Å². The Morgan fingerprint density at radius 3 is 2.50 bits per heavy atom. The largest absolute Gasteiger partial charge is 0.480 e. The molecule has 0 bridgehead atoms. The van der Waals surface area contributed by atoms with Gasteiger partial charge in [0.25, 0.3) is 0 Å². The third kappa shape index (κ3) is 3.15. The zero-order valence-electron chi connectivity index (χ0n) is 12.4. The van der Waals surface area contributed by atoms with E-state index in [1.165, 1.54) is 0 Å². The Morgan fingerprint density at radius 2 is 1.95 bits per heavy atom. The van der Waals surface area contributed by atoms with E-state index >= 15 is 0 Å². The van der Waals surface area contributed by atoms with Crippen LogP contribution < -0.4 is 10.6 Å². The van der Waals surface area contributed by atoms with E-state index in [2.05, 4.69) is 0 Å². The van der Waals surface area contributed by atoms with Gasteiger partial charge in [-0.05, 0) is 26.0 Å². The van der Waals surface area contributed by atoms with E-state index in [1.54, 1.807) is 44.2 Å². The normalized spacial score (nSPS) is 20.3. The zero-order valence-corrected chi connectivity index (χ0v) is 13.2. The van der Waals surface area contributed by atoms with Gasteiger partial charge < -0.3 is 10.8 Å². The molecule has 1 heterocycles. The summed E-state index contributed by atoms with van der Waals surface area (Å²) in [6.45, 7) is 3.33. The average Bonchev–Trinajstić information content (AvgIpc) is 2.72. The number of aliphatic carboxylic acids is 1.